The summed E-state index contributed by atoms with van der Waals surface area (Å²) in [6.07, 6.45) is 0.325. The number of hydrogen-bond acceptors (Lipinski definition) is 6. The number of aryl methyl sites for hydroxylation is 2. The average Bonchev–Trinajstić information content (AvgIpc) is 3.10. The van der Waals surface area contributed by atoms with E-state index in [-0.39, 0.29) is 30.1 Å². The predicted octanol–water partition coefficient (Wildman–Crippen LogP) is 1.91. The fraction of sp³-hybridized carbons (Fsp3) is 0.300. The molecule has 0 fully saturated rings. The van der Waals surface area contributed by atoms with E-state index in [9.17, 15) is 14.4 Å². The van der Waals surface area contributed by atoms with Crippen LogP contribution in [0.5, 0.6) is 5.75 Å². The summed E-state index contributed by atoms with van der Waals surface area (Å²) in [5.41, 5.74) is 0.898. The molecule has 2 aromatic heterocycles. The van der Waals surface area contributed by atoms with Gasteiger partial charge in [0.05, 0.1) is 12.6 Å². The largest absolute Gasteiger partial charge is 0.497 e. The number of carbonyl (C=O) groups is 2. The van der Waals surface area contributed by atoms with E-state index in [1.807, 2.05) is 6.07 Å². The summed E-state index contributed by atoms with van der Waals surface area (Å²) in [5, 5.41) is 9.68. The second kappa shape index (κ2) is 8.59. The zero-order valence-corrected chi connectivity index (χ0v) is 16.4. The molecule has 0 aliphatic carbocycles. The molecule has 3 aromatic rings. The van der Waals surface area contributed by atoms with Gasteiger partial charge < -0.3 is 24.9 Å². The number of benzene rings is 1. The molecule has 29 heavy (non-hydrogen) atoms. The van der Waals surface area contributed by atoms with Gasteiger partial charge in [0, 0.05) is 24.1 Å². The Labute approximate surface area is 166 Å². The molecular weight excluding hydrogens is 376 g/mol. The number of amides is 2. The van der Waals surface area contributed by atoms with Crippen molar-refractivity contribution in [1.29, 1.82) is 0 Å². The van der Waals surface area contributed by atoms with Crippen LogP contribution in [0.3, 0.4) is 0 Å². The van der Waals surface area contributed by atoms with Gasteiger partial charge in [-0.25, -0.2) is 0 Å². The average molecular weight is 398 g/mol. The molecule has 3 rings (SSSR count). The summed E-state index contributed by atoms with van der Waals surface area (Å²) >= 11 is 0. The SMILES string of the molecule is COc1ccc2cc(CCC(=O)N[C@@H](C)C(=O)Nc3cc(C)on3)c(=O)[nH]c2c1. The number of fused-ring (bicyclic) bond motifs is 1. The van der Waals surface area contributed by atoms with E-state index in [2.05, 4.69) is 20.8 Å². The molecule has 152 valence electrons. The summed E-state index contributed by atoms with van der Waals surface area (Å²) in [6, 6.07) is 7.95. The molecular formula is C20H22N4O5. The van der Waals surface area contributed by atoms with Crippen LogP contribution < -0.4 is 20.9 Å². The van der Waals surface area contributed by atoms with E-state index >= 15 is 0 Å². The van der Waals surface area contributed by atoms with E-state index < -0.39 is 11.9 Å². The number of nitrogens with zero attached hydrogens (tertiary/aromatic N) is 1. The third-order valence-corrected chi connectivity index (χ3v) is 4.40. The topological polar surface area (TPSA) is 126 Å². The lowest BCUT2D eigenvalue weighted by molar-refractivity contribution is -0.126. The van der Waals surface area contributed by atoms with Crippen molar-refractivity contribution in [2.75, 3.05) is 12.4 Å². The van der Waals surface area contributed by atoms with Gasteiger partial charge in [0.25, 0.3) is 5.56 Å². The molecule has 2 amide bonds. The molecule has 3 N–H and O–H groups in total. The summed E-state index contributed by atoms with van der Waals surface area (Å²) in [5.74, 6) is 0.750. The van der Waals surface area contributed by atoms with Crippen molar-refractivity contribution in [3.05, 3.63) is 52.0 Å². The van der Waals surface area contributed by atoms with E-state index in [4.69, 9.17) is 9.26 Å². The Hall–Kier alpha value is -3.62. The molecule has 1 aromatic carbocycles. The van der Waals surface area contributed by atoms with Gasteiger partial charge in [0.2, 0.25) is 11.8 Å². The number of pyridine rings is 1. The van der Waals surface area contributed by atoms with Gasteiger partial charge in [0.1, 0.15) is 17.6 Å². The number of anilines is 1. The number of aromatic amines is 1. The normalized spacial score (nSPS) is 11.8. The van der Waals surface area contributed by atoms with Crippen LogP contribution in [-0.2, 0) is 16.0 Å². The Bertz CT molecular complexity index is 1100. The first kappa shape index (κ1) is 20.1. The quantitative estimate of drug-likeness (QED) is 0.558. The lowest BCUT2D eigenvalue weighted by Gasteiger charge is -2.13. The standard InChI is InChI=1S/C20H22N4O5/c1-11-8-17(24-29-11)23-19(26)12(2)21-18(25)7-5-14-9-13-4-6-15(28-3)10-16(13)22-20(14)27/h4,6,8-10,12H,5,7H2,1-3H3,(H,21,25)(H,22,27)(H,23,24,26)/t12-/m0/s1. The van der Waals surface area contributed by atoms with Gasteiger partial charge in [-0.3, -0.25) is 14.4 Å². The second-order valence-electron chi connectivity index (χ2n) is 6.68. The molecule has 9 nitrogen and oxygen atoms in total. The second-order valence-corrected chi connectivity index (χ2v) is 6.68. The maximum atomic E-state index is 12.3. The fourth-order valence-corrected chi connectivity index (χ4v) is 2.83. The Kier molecular flexibility index (Phi) is 5.96. The van der Waals surface area contributed by atoms with Crippen LogP contribution in [0.15, 0.2) is 39.6 Å². The first-order valence-corrected chi connectivity index (χ1v) is 9.09. The molecule has 0 bridgehead atoms. The molecule has 0 unspecified atom stereocenters. The minimum Gasteiger partial charge on any atom is -0.497 e. The van der Waals surface area contributed by atoms with Crippen molar-refractivity contribution in [3.63, 3.8) is 0 Å². The van der Waals surface area contributed by atoms with Gasteiger partial charge >= 0.3 is 0 Å². The molecule has 0 saturated heterocycles. The number of rotatable bonds is 7. The lowest BCUT2D eigenvalue weighted by atomic mass is 10.1. The predicted molar refractivity (Wildman–Crippen MR) is 107 cm³/mol. The third-order valence-electron chi connectivity index (χ3n) is 4.40. The number of carbonyl (C=O) groups excluding carboxylic acids is 2. The van der Waals surface area contributed by atoms with Crippen LogP contribution >= 0.6 is 0 Å². The summed E-state index contributed by atoms with van der Waals surface area (Å²) in [7, 11) is 1.56. The molecule has 0 spiro atoms. The van der Waals surface area contributed by atoms with Gasteiger partial charge in [-0.05, 0) is 43.9 Å². The maximum absolute atomic E-state index is 12.3. The van der Waals surface area contributed by atoms with Crippen LogP contribution in [0, 0.1) is 6.92 Å². The van der Waals surface area contributed by atoms with Gasteiger partial charge in [-0.1, -0.05) is 5.16 Å². The van der Waals surface area contributed by atoms with Gasteiger partial charge in [-0.2, -0.15) is 0 Å². The monoisotopic (exact) mass is 398 g/mol. The Morgan fingerprint density at radius 3 is 2.76 bits per heavy atom. The lowest BCUT2D eigenvalue weighted by Crippen LogP contribution is -2.41. The molecule has 0 aliphatic rings. The van der Waals surface area contributed by atoms with E-state index in [0.29, 0.717) is 22.6 Å². The van der Waals surface area contributed by atoms with Crippen LogP contribution in [-0.4, -0.2) is 35.1 Å². The van der Waals surface area contributed by atoms with Crippen molar-refractivity contribution in [2.45, 2.75) is 32.7 Å². The number of methoxy groups -OCH3 is 1. The molecule has 2 heterocycles. The fourth-order valence-electron chi connectivity index (χ4n) is 2.83. The van der Waals surface area contributed by atoms with Crippen LogP contribution in [0.1, 0.15) is 24.7 Å². The third kappa shape index (κ3) is 5.01. The minimum atomic E-state index is -0.762. The van der Waals surface area contributed by atoms with Crippen LogP contribution in [0.4, 0.5) is 5.82 Å². The van der Waals surface area contributed by atoms with Crippen molar-refractivity contribution in [3.8, 4) is 5.75 Å². The van der Waals surface area contributed by atoms with Crippen molar-refractivity contribution < 1.29 is 18.8 Å². The first-order chi connectivity index (χ1) is 13.9. The highest BCUT2D eigenvalue weighted by Crippen LogP contribution is 2.18. The number of hydrogen-bond donors (Lipinski definition) is 3. The molecule has 0 aliphatic heterocycles. The van der Waals surface area contributed by atoms with E-state index in [0.717, 1.165) is 5.39 Å². The number of nitrogens with one attached hydrogen (secondary N) is 3. The Morgan fingerprint density at radius 2 is 2.07 bits per heavy atom. The first-order valence-electron chi connectivity index (χ1n) is 9.09. The van der Waals surface area contributed by atoms with Crippen LogP contribution in [0.2, 0.25) is 0 Å². The van der Waals surface area contributed by atoms with E-state index in [1.54, 1.807) is 45.2 Å². The maximum Gasteiger partial charge on any atom is 0.251 e. The number of aromatic nitrogens is 2. The summed E-state index contributed by atoms with van der Waals surface area (Å²) in [6.45, 7) is 3.27. The van der Waals surface area contributed by atoms with Crippen molar-refractivity contribution in [1.82, 2.24) is 15.5 Å². The zero-order chi connectivity index (χ0) is 21.0. The van der Waals surface area contributed by atoms with Crippen LogP contribution in [0.25, 0.3) is 10.9 Å². The summed E-state index contributed by atoms with van der Waals surface area (Å²) < 4.78 is 10.0. The number of H-pyrrole nitrogens is 1. The Balaban J connectivity index is 1.57. The molecule has 1 atom stereocenters. The number of ether oxygens (including phenoxy) is 1. The molecule has 0 radical (unpaired) electrons. The highest BCUT2D eigenvalue weighted by atomic mass is 16.5. The van der Waals surface area contributed by atoms with Crippen molar-refractivity contribution in [2.24, 2.45) is 0 Å². The Morgan fingerprint density at radius 1 is 1.28 bits per heavy atom. The molecule has 0 saturated carbocycles. The summed E-state index contributed by atoms with van der Waals surface area (Å²) in [4.78, 5) is 39.4. The highest BCUT2D eigenvalue weighted by molar-refractivity contribution is 5.96. The van der Waals surface area contributed by atoms with Gasteiger partial charge in [0.15, 0.2) is 5.82 Å². The molecule has 9 heteroatoms. The minimum absolute atomic E-state index is 0.0748. The van der Waals surface area contributed by atoms with E-state index in [1.165, 1.54) is 0 Å². The van der Waals surface area contributed by atoms with Gasteiger partial charge in [-0.15, -0.1) is 0 Å². The zero-order valence-electron chi connectivity index (χ0n) is 16.4. The highest BCUT2D eigenvalue weighted by Gasteiger charge is 2.17. The smallest absolute Gasteiger partial charge is 0.251 e. The van der Waals surface area contributed by atoms with Crippen molar-refractivity contribution >= 4 is 28.5 Å².